The Bertz CT molecular complexity index is 509. The van der Waals surface area contributed by atoms with Gasteiger partial charge < -0.3 is 31.9 Å². The number of amides is 2. The van der Waals surface area contributed by atoms with Crippen LogP contribution in [0.3, 0.4) is 0 Å². The zero-order chi connectivity index (χ0) is 20.4. The van der Waals surface area contributed by atoms with Crippen LogP contribution in [0.1, 0.15) is 34.1 Å². The molecule has 0 rings (SSSR count). The largest absolute Gasteiger partial charge is 0.480 e. The van der Waals surface area contributed by atoms with Gasteiger partial charge >= 0.3 is 11.9 Å². The first-order valence-corrected chi connectivity index (χ1v) is 8.43. The summed E-state index contributed by atoms with van der Waals surface area (Å²) >= 11 is 0. The molecule has 0 heterocycles. The standard InChI is InChI=1S/C16H30N4O6/c1-8(2)5-11(16(24)25)20-14(22)10(17)7-26-12(21)6-19-15(23)13(18)9(3)4/h8-11,13H,5-7,17-18H2,1-4H3,(H,19,23)(H,20,22)(H,24,25)/t10-,11-,13-/m0/s1. The number of esters is 1. The maximum atomic E-state index is 11.9. The number of rotatable bonds is 11. The van der Waals surface area contributed by atoms with Crippen LogP contribution in [-0.2, 0) is 23.9 Å². The summed E-state index contributed by atoms with van der Waals surface area (Å²) in [6, 6.07) is -3.03. The molecule has 0 saturated carbocycles. The van der Waals surface area contributed by atoms with Gasteiger partial charge in [-0.05, 0) is 18.3 Å². The number of carbonyl (C=O) groups excluding carboxylic acids is 3. The van der Waals surface area contributed by atoms with Crippen molar-refractivity contribution in [3.8, 4) is 0 Å². The van der Waals surface area contributed by atoms with Crippen molar-refractivity contribution in [3.05, 3.63) is 0 Å². The van der Waals surface area contributed by atoms with Crippen molar-refractivity contribution in [2.24, 2.45) is 23.3 Å². The Hall–Kier alpha value is -2.20. The minimum Gasteiger partial charge on any atom is -0.480 e. The van der Waals surface area contributed by atoms with Crippen molar-refractivity contribution in [2.45, 2.75) is 52.2 Å². The predicted molar refractivity (Wildman–Crippen MR) is 93.8 cm³/mol. The second-order valence-electron chi connectivity index (χ2n) is 6.81. The van der Waals surface area contributed by atoms with Crippen LogP contribution < -0.4 is 22.1 Å². The molecule has 10 nitrogen and oxygen atoms in total. The second kappa shape index (κ2) is 11.4. The zero-order valence-electron chi connectivity index (χ0n) is 15.7. The van der Waals surface area contributed by atoms with E-state index in [1.807, 2.05) is 13.8 Å². The fourth-order valence-electron chi connectivity index (χ4n) is 1.86. The number of nitrogens with one attached hydrogen (secondary N) is 2. The average Bonchev–Trinajstić information content (AvgIpc) is 2.55. The van der Waals surface area contributed by atoms with E-state index in [1.165, 1.54) is 0 Å². The normalized spacial score (nSPS) is 14.5. The molecule has 0 bridgehead atoms. The monoisotopic (exact) mass is 374 g/mol. The molecule has 0 aliphatic heterocycles. The molecule has 0 aromatic carbocycles. The fraction of sp³-hybridized carbons (Fsp3) is 0.750. The smallest absolute Gasteiger partial charge is 0.326 e. The molecule has 150 valence electrons. The van der Waals surface area contributed by atoms with Crippen LogP contribution in [0.5, 0.6) is 0 Å². The number of carboxylic acid groups (broad SMARTS) is 1. The molecule has 7 N–H and O–H groups in total. The molecule has 0 aromatic heterocycles. The van der Waals surface area contributed by atoms with Gasteiger partial charge in [-0.15, -0.1) is 0 Å². The lowest BCUT2D eigenvalue weighted by Gasteiger charge is -2.19. The van der Waals surface area contributed by atoms with Crippen molar-refractivity contribution in [1.29, 1.82) is 0 Å². The number of hydrogen-bond donors (Lipinski definition) is 5. The molecule has 0 aliphatic carbocycles. The number of hydrogen-bond acceptors (Lipinski definition) is 7. The van der Waals surface area contributed by atoms with E-state index < -0.39 is 55.0 Å². The summed E-state index contributed by atoms with van der Waals surface area (Å²) in [5.74, 6) is -3.20. The third-order valence-corrected chi connectivity index (χ3v) is 3.51. The van der Waals surface area contributed by atoms with Crippen molar-refractivity contribution in [2.75, 3.05) is 13.2 Å². The van der Waals surface area contributed by atoms with Crippen molar-refractivity contribution in [3.63, 3.8) is 0 Å². The highest BCUT2D eigenvalue weighted by Gasteiger charge is 2.25. The van der Waals surface area contributed by atoms with E-state index in [0.29, 0.717) is 0 Å². The Morgan fingerprint density at radius 2 is 1.62 bits per heavy atom. The van der Waals surface area contributed by atoms with Crippen molar-refractivity contribution >= 4 is 23.8 Å². The summed E-state index contributed by atoms with van der Waals surface area (Å²) in [7, 11) is 0. The van der Waals surface area contributed by atoms with E-state index in [9.17, 15) is 19.2 Å². The predicted octanol–water partition coefficient (Wildman–Crippen LogP) is -1.43. The third-order valence-electron chi connectivity index (χ3n) is 3.51. The van der Waals surface area contributed by atoms with Gasteiger partial charge in [0.25, 0.3) is 0 Å². The first-order chi connectivity index (χ1) is 12.0. The van der Waals surface area contributed by atoms with Gasteiger partial charge in [-0.3, -0.25) is 14.4 Å². The van der Waals surface area contributed by atoms with Crippen LogP contribution in [-0.4, -0.2) is 60.1 Å². The summed E-state index contributed by atoms with van der Waals surface area (Å²) in [6.45, 7) is 6.34. The molecule has 0 aliphatic rings. The lowest BCUT2D eigenvalue weighted by atomic mass is 10.0. The molecule has 26 heavy (non-hydrogen) atoms. The summed E-state index contributed by atoms with van der Waals surface area (Å²) in [5.41, 5.74) is 11.2. The Morgan fingerprint density at radius 1 is 1.04 bits per heavy atom. The maximum absolute atomic E-state index is 11.9. The summed E-state index contributed by atoms with van der Waals surface area (Å²) in [5, 5.41) is 13.7. The Morgan fingerprint density at radius 3 is 2.08 bits per heavy atom. The molecular formula is C16H30N4O6. The Labute approximate surface area is 153 Å². The van der Waals surface area contributed by atoms with Crippen LogP contribution in [0.2, 0.25) is 0 Å². The van der Waals surface area contributed by atoms with E-state index in [4.69, 9.17) is 21.3 Å². The summed E-state index contributed by atoms with van der Waals surface area (Å²) < 4.78 is 4.81. The molecule has 0 fully saturated rings. The van der Waals surface area contributed by atoms with Gasteiger partial charge in [0, 0.05) is 0 Å². The highest BCUT2D eigenvalue weighted by atomic mass is 16.5. The van der Waals surface area contributed by atoms with E-state index in [0.717, 1.165) is 0 Å². The number of ether oxygens (including phenoxy) is 1. The minimum absolute atomic E-state index is 0.0614. The Balaban J connectivity index is 4.32. The van der Waals surface area contributed by atoms with Gasteiger partial charge in [0.2, 0.25) is 11.8 Å². The molecule has 0 aromatic rings. The van der Waals surface area contributed by atoms with Crippen LogP contribution in [0.15, 0.2) is 0 Å². The molecule has 0 spiro atoms. The highest BCUT2D eigenvalue weighted by Crippen LogP contribution is 2.05. The number of carbonyl (C=O) groups is 4. The molecule has 10 heteroatoms. The van der Waals surface area contributed by atoms with E-state index >= 15 is 0 Å². The van der Waals surface area contributed by atoms with E-state index in [1.54, 1.807) is 13.8 Å². The average molecular weight is 374 g/mol. The lowest BCUT2D eigenvalue weighted by Crippen LogP contribution is -2.51. The topological polar surface area (TPSA) is 174 Å². The highest BCUT2D eigenvalue weighted by molar-refractivity contribution is 5.87. The second-order valence-corrected chi connectivity index (χ2v) is 6.81. The summed E-state index contributed by atoms with van der Waals surface area (Å²) in [4.78, 5) is 46.2. The van der Waals surface area contributed by atoms with Crippen LogP contribution in [0, 0.1) is 11.8 Å². The zero-order valence-corrected chi connectivity index (χ0v) is 15.7. The number of nitrogens with two attached hydrogens (primary N) is 2. The van der Waals surface area contributed by atoms with E-state index in [2.05, 4.69) is 10.6 Å². The molecule has 0 radical (unpaired) electrons. The van der Waals surface area contributed by atoms with Gasteiger partial charge in [0.05, 0.1) is 6.04 Å². The van der Waals surface area contributed by atoms with Gasteiger partial charge in [-0.2, -0.15) is 0 Å². The van der Waals surface area contributed by atoms with Crippen molar-refractivity contribution < 1.29 is 29.0 Å². The van der Waals surface area contributed by atoms with Gasteiger partial charge in [0.15, 0.2) is 0 Å². The first-order valence-electron chi connectivity index (χ1n) is 8.43. The van der Waals surface area contributed by atoms with Gasteiger partial charge in [-0.1, -0.05) is 27.7 Å². The van der Waals surface area contributed by atoms with Crippen LogP contribution in [0.4, 0.5) is 0 Å². The molecule has 0 unspecified atom stereocenters. The number of aliphatic carboxylic acids is 1. The molecular weight excluding hydrogens is 344 g/mol. The fourth-order valence-corrected chi connectivity index (χ4v) is 1.86. The third kappa shape index (κ3) is 9.33. The van der Waals surface area contributed by atoms with Gasteiger partial charge in [0.1, 0.15) is 25.2 Å². The minimum atomic E-state index is -1.22. The van der Waals surface area contributed by atoms with E-state index in [-0.39, 0.29) is 18.3 Å². The summed E-state index contributed by atoms with van der Waals surface area (Å²) in [6.07, 6.45) is 0.246. The lowest BCUT2D eigenvalue weighted by molar-refractivity contribution is -0.147. The Kier molecular flexibility index (Phi) is 10.5. The number of carboxylic acids is 1. The maximum Gasteiger partial charge on any atom is 0.326 e. The van der Waals surface area contributed by atoms with Crippen LogP contribution >= 0.6 is 0 Å². The van der Waals surface area contributed by atoms with Crippen LogP contribution in [0.25, 0.3) is 0 Å². The molecule has 0 saturated heterocycles. The van der Waals surface area contributed by atoms with Gasteiger partial charge in [-0.25, -0.2) is 4.79 Å². The SMILES string of the molecule is CC(C)C[C@H](NC(=O)[C@@H](N)COC(=O)CNC(=O)[C@@H](N)C(C)C)C(=O)O. The first kappa shape index (κ1) is 23.8. The van der Waals surface area contributed by atoms with Crippen molar-refractivity contribution in [1.82, 2.24) is 10.6 Å². The molecule has 3 atom stereocenters. The molecule has 2 amide bonds. The quantitative estimate of drug-likeness (QED) is 0.274.